The van der Waals surface area contributed by atoms with Crippen molar-refractivity contribution < 1.29 is 19.4 Å². The number of amides is 1. The number of hydrogen-bond donors (Lipinski definition) is 1. The molecule has 0 aromatic heterocycles. The van der Waals surface area contributed by atoms with Gasteiger partial charge in [-0.2, -0.15) is 0 Å². The monoisotopic (exact) mass is 299 g/mol. The number of carboxylic acids is 1. The average molecular weight is 299 g/mol. The van der Waals surface area contributed by atoms with Gasteiger partial charge >= 0.3 is 5.97 Å². The van der Waals surface area contributed by atoms with Crippen molar-refractivity contribution in [3.63, 3.8) is 0 Å². The summed E-state index contributed by atoms with van der Waals surface area (Å²) in [5.41, 5.74) is 0. The highest BCUT2D eigenvalue weighted by molar-refractivity contribution is 5.78. The lowest BCUT2D eigenvalue weighted by Crippen LogP contribution is -2.43. The molecule has 0 saturated carbocycles. The molecule has 0 aromatic rings. The number of aliphatic carboxylic acids is 1. The van der Waals surface area contributed by atoms with E-state index in [4.69, 9.17) is 9.84 Å². The van der Waals surface area contributed by atoms with E-state index in [-0.39, 0.29) is 25.0 Å². The highest BCUT2D eigenvalue weighted by Crippen LogP contribution is 2.21. The predicted octanol–water partition coefficient (Wildman–Crippen LogP) is 2.69. The second kappa shape index (κ2) is 9.77. The van der Waals surface area contributed by atoms with Crippen LogP contribution >= 0.6 is 0 Å². The molecule has 0 unspecified atom stereocenters. The maximum atomic E-state index is 12.5. The van der Waals surface area contributed by atoms with Crippen molar-refractivity contribution in [3.8, 4) is 0 Å². The summed E-state index contributed by atoms with van der Waals surface area (Å²) in [6.07, 6.45) is 5.82. The van der Waals surface area contributed by atoms with Crippen LogP contribution in [0.3, 0.4) is 0 Å². The smallest absolute Gasteiger partial charge is 0.305 e. The molecule has 1 fully saturated rings. The molecule has 0 aliphatic carbocycles. The van der Waals surface area contributed by atoms with Gasteiger partial charge in [0.1, 0.15) is 0 Å². The maximum absolute atomic E-state index is 12.5. The van der Waals surface area contributed by atoms with Crippen molar-refractivity contribution in [2.75, 3.05) is 19.7 Å². The number of hydrogen-bond acceptors (Lipinski definition) is 3. The summed E-state index contributed by atoms with van der Waals surface area (Å²) < 4.78 is 5.56. The Hall–Kier alpha value is -1.10. The van der Waals surface area contributed by atoms with Crippen LogP contribution in [0.1, 0.15) is 58.8 Å². The zero-order valence-electron chi connectivity index (χ0n) is 13.3. The number of carboxylic acid groups (broad SMARTS) is 1. The number of nitrogens with zero attached hydrogens (tertiary/aromatic N) is 1. The molecule has 1 amide bonds. The van der Waals surface area contributed by atoms with Crippen LogP contribution in [0.5, 0.6) is 0 Å². The number of piperidine rings is 1. The van der Waals surface area contributed by atoms with Crippen LogP contribution in [0.25, 0.3) is 0 Å². The molecule has 5 heteroatoms. The van der Waals surface area contributed by atoms with Crippen molar-refractivity contribution >= 4 is 11.9 Å². The van der Waals surface area contributed by atoms with Crippen LogP contribution in [-0.2, 0) is 14.3 Å². The van der Waals surface area contributed by atoms with Gasteiger partial charge in [0, 0.05) is 19.0 Å². The number of ether oxygens (including phenoxy) is 1. The normalized spacial score (nSPS) is 16.4. The van der Waals surface area contributed by atoms with Gasteiger partial charge in [-0.15, -0.1) is 0 Å². The number of rotatable bonds is 9. The quantitative estimate of drug-likeness (QED) is 0.711. The van der Waals surface area contributed by atoms with Gasteiger partial charge in [0.15, 0.2) is 0 Å². The van der Waals surface area contributed by atoms with Crippen LogP contribution in [0.2, 0.25) is 0 Å². The molecule has 1 heterocycles. The zero-order chi connectivity index (χ0) is 15.7. The summed E-state index contributed by atoms with van der Waals surface area (Å²) in [6.45, 7) is 5.99. The molecular weight excluding hydrogens is 270 g/mol. The van der Waals surface area contributed by atoms with E-state index in [2.05, 4.69) is 13.8 Å². The van der Waals surface area contributed by atoms with Crippen molar-refractivity contribution in [2.45, 2.75) is 64.9 Å². The highest BCUT2D eigenvalue weighted by atomic mass is 16.5. The van der Waals surface area contributed by atoms with E-state index in [0.717, 1.165) is 51.6 Å². The lowest BCUT2D eigenvalue weighted by molar-refractivity contribution is -0.140. The van der Waals surface area contributed by atoms with E-state index in [1.165, 1.54) is 0 Å². The van der Waals surface area contributed by atoms with E-state index in [1.54, 1.807) is 0 Å². The first-order valence-electron chi connectivity index (χ1n) is 8.20. The van der Waals surface area contributed by atoms with Crippen LogP contribution in [0.15, 0.2) is 0 Å². The van der Waals surface area contributed by atoms with E-state index in [1.807, 2.05) is 4.90 Å². The molecule has 0 aromatic carbocycles. The second-order valence-electron chi connectivity index (χ2n) is 5.81. The first kappa shape index (κ1) is 18.0. The zero-order valence-corrected chi connectivity index (χ0v) is 13.3. The third-order valence-corrected chi connectivity index (χ3v) is 4.05. The number of likely N-dealkylation sites (tertiary alicyclic amines) is 1. The van der Waals surface area contributed by atoms with E-state index >= 15 is 0 Å². The first-order valence-corrected chi connectivity index (χ1v) is 8.20. The van der Waals surface area contributed by atoms with E-state index < -0.39 is 5.97 Å². The standard InChI is InChI=1S/C16H29NO4/c1-3-5-13(6-4-2)16(20)17-10-7-14(8-11-17)21-12-9-15(18)19/h13-14H,3-12H2,1-2H3,(H,18,19). The molecule has 1 aliphatic rings. The molecular formula is C16H29NO4. The van der Waals surface area contributed by atoms with Gasteiger partial charge in [-0.25, -0.2) is 0 Å². The molecule has 0 radical (unpaired) electrons. The fraction of sp³-hybridized carbons (Fsp3) is 0.875. The summed E-state index contributed by atoms with van der Waals surface area (Å²) in [5.74, 6) is -0.364. The molecule has 122 valence electrons. The summed E-state index contributed by atoms with van der Waals surface area (Å²) in [6, 6.07) is 0. The average Bonchev–Trinajstić information content (AvgIpc) is 2.47. The van der Waals surface area contributed by atoms with E-state index in [9.17, 15) is 9.59 Å². The second-order valence-corrected chi connectivity index (χ2v) is 5.81. The van der Waals surface area contributed by atoms with Gasteiger partial charge in [-0.1, -0.05) is 26.7 Å². The summed E-state index contributed by atoms with van der Waals surface area (Å²) in [4.78, 5) is 24.9. The lowest BCUT2D eigenvalue weighted by atomic mass is 9.95. The minimum Gasteiger partial charge on any atom is -0.481 e. The van der Waals surface area contributed by atoms with Crippen LogP contribution < -0.4 is 0 Å². The summed E-state index contributed by atoms with van der Waals surface area (Å²) in [7, 11) is 0. The Bertz CT molecular complexity index is 318. The van der Waals surface area contributed by atoms with Crippen LogP contribution in [0, 0.1) is 5.92 Å². The van der Waals surface area contributed by atoms with Gasteiger partial charge < -0.3 is 14.7 Å². The summed E-state index contributed by atoms with van der Waals surface area (Å²) in [5, 5.41) is 8.59. The minimum absolute atomic E-state index is 0.0498. The Kier molecular flexibility index (Phi) is 8.35. The first-order chi connectivity index (χ1) is 10.1. The SMILES string of the molecule is CCCC(CCC)C(=O)N1CCC(OCCC(=O)O)CC1. The van der Waals surface area contributed by atoms with Gasteiger partial charge in [-0.3, -0.25) is 9.59 Å². The topological polar surface area (TPSA) is 66.8 Å². The van der Waals surface area contributed by atoms with Gasteiger partial charge in [0.2, 0.25) is 5.91 Å². The third-order valence-electron chi connectivity index (χ3n) is 4.05. The largest absolute Gasteiger partial charge is 0.481 e. The molecule has 1 aliphatic heterocycles. The van der Waals surface area contributed by atoms with E-state index in [0.29, 0.717) is 5.91 Å². The van der Waals surface area contributed by atoms with Crippen molar-refractivity contribution in [2.24, 2.45) is 5.92 Å². The molecule has 1 rings (SSSR count). The minimum atomic E-state index is -0.829. The predicted molar refractivity (Wildman–Crippen MR) is 81.1 cm³/mol. The molecule has 0 bridgehead atoms. The van der Waals surface area contributed by atoms with Gasteiger partial charge in [0.05, 0.1) is 19.1 Å². The van der Waals surface area contributed by atoms with Crippen molar-refractivity contribution in [3.05, 3.63) is 0 Å². The maximum Gasteiger partial charge on any atom is 0.305 e. The molecule has 5 nitrogen and oxygen atoms in total. The molecule has 0 spiro atoms. The number of carbonyl (C=O) groups is 2. The third kappa shape index (κ3) is 6.46. The molecule has 1 saturated heterocycles. The van der Waals surface area contributed by atoms with Crippen molar-refractivity contribution in [1.29, 1.82) is 0 Å². The number of carbonyl (C=O) groups excluding carboxylic acids is 1. The molecule has 1 N–H and O–H groups in total. The fourth-order valence-electron chi connectivity index (χ4n) is 2.90. The Morgan fingerprint density at radius 1 is 1.19 bits per heavy atom. The highest BCUT2D eigenvalue weighted by Gasteiger charge is 2.27. The molecule has 0 atom stereocenters. The molecule has 21 heavy (non-hydrogen) atoms. The lowest BCUT2D eigenvalue weighted by Gasteiger charge is -2.34. The Balaban J connectivity index is 2.33. The summed E-state index contributed by atoms with van der Waals surface area (Å²) >= 11 is 0. The Labute approximate surface area is 127 Å². The van der Waals surface area contributed by atoms with Crippen LogP contribution in [-0.4, -0.2) is 47.7 Å². The van der Waals surface area contributed by atoms with Crippen molar-refractivity contribution in [1.82, 2.24) is 4.90 Å². The Morgan fingerprint density at radius 2 is 1.76 bits per heavy atom. The fourth-order valence-corrected chi connectivity index (χ4v) is 2.90. The van der Waals surface area contributed by atoms with Crippen LogP contribution in [0.4, 0.5) is 0 Å². The van der Waals surface area contributed by atoms with Gasteiger partial charge in [0.25, 0.3) is 0 Å². The van der Waals surface area contributed by atoms with Gasteiger partial charge in [-0.05, 0) is 25.7 Å². The Morgan fingerprint density at radius 3 is 2.24 bits per heavy atom.